The Kier molecular flexibility index (Phi) is 5.86. The van der Waals surface area contributed by atoms with Gasteiger partial charge in [0.25, 0.3) is 11.8 Å². The Labute approximate surface area is 176 Å². The van der Waals surface area contributed by atoms with E-state index < -0.39 is 11.8 Å². The number of hydrogen-bond acceptors (Lipinski definition) is 6. The molecule has 2 N–H and O–H groups in total. The van der Waals surface area contributed by atoms with Gasteiger partial charge in [0.15, 0.2) is 11.5 Å². The van der Waals surface area contributed by atoms with Crippen LogP contribution in [0.25, 0.3) is 6.08 Å². The predicted molar refractivity (Wildman–Crippen MR) is 115 cm³/mol. The van der Waals surface area contributed by atoms with Crippen LogP contribution in [-0.2, 0) is 4.79 Å². The van der Waals surface area contributed by atoms with Gasteiger partial charge in [0.1, 0.15) is 5.70 Å². The molecule has 1 aliphatic rings. The number of nitrogens with zero attached hydrogens (tertiary/aromatic N) is 1. The molecule has 7 nitrogen and oxygen atoms in total. The first-order chi connectivity index (χ1) is 14.7. The van der Waals surface area contributed by atoms with E-state index in [9.17, 15) is 9.59 Å². The zero-order chi connectivity index (χ0) is 20.8. The predicted octanol–water partition coefficient (Wildman–Crippen LogP) is 3.40. The Morgan fingerprint density at radius 3 is 2.63 bits per heavy atom. The van der Waals surface area contributed by atoms with Gasteiger partial charge in [-0.05, 0) is 47.4 Å². The van der Waals surface area contributed by atoms with Crippen molar-refractivity contribution in [2.75, 3.05) is 6.79 Å². The Hall–Kier alpha value is -3.91. The van der Waals surface area contributed by atoms with Crippen molar-refractivity contribution in [2.24, 2.45) is 5.10 Å². The highest BCUT2D eigenvalue weighted by molar-refractivity contribution is 7.11. The van der Waals surface area contributed by atoms with Crippen LogP contribution in [-0.4, -0.2) is 24.8 Å². The molecule has 2 heterocycles. The van der Waals surface area contributed by atoms with E-state index in [0.29, 0.717) is 22.6 Å². The van der Waals surface area contributed by atoms with Gasteiger partial charge in [-0.1, -0.05) is 30.3 Å². The number of rotatable bonds is 6. The fourth-order valence-corrected chi connectivity index (χ4v) is 3.28. The van der Waals surface area contributed by atoms with Crippen molar-refractivity contribution in [3.8, 4) is 11.5 Å². The number of benzene rings is 2. The normalized spacial score (nSPS) is 12.7. The molecule has 0 spiro atoms. The van der Waals surface area contributed by atoms with E-state index >= 15 is 0 Å². The van der Waals surface area contributed by atoms with Gasteiger partial charge in [-0.15, -0.1) is 11.3 Å². The summed E-state index contributed by atoms with van der Waals surface area (Å²) in [7, 11) is 0. The van der Waals surface area contributed by atoms with Gasteiger partial charge in [-0.3, -0.25) is 9.59 Å². The third-order valence-corrected chi connectivity index (χ3v) is 4.94. The second kappa shape index (κ2) is 9.06. The Morgan fingerprint density at radius 1 is 1.00 bits per heavy atom. The smallest absolute Gasteiger partial charge is 0.287 e. The second-order valence-corrected chi connectivity index (χ2v) is 7.18. The van der Waals surface area contributed by atoms with E-state index in [2.05, 4.69) is 15.8 Å². The lowest BCUT2D eigenvalue weighted by Gasteiger charge is -2.09. The molecule has 0 atom stereocenters. The highest BCUT2D eigenvalue weighted by Crippen LogP contribution is 2.33. The quantitative estimate of drug-likeness (QED) is 0.364. The van der Waals surface area contributed by atoms with Crippen LogP contribution in [0.5, 0.6) is 11.5 Å². The lowest BCUT2D eigenvalue weighted by atomic mass is 10.1. The number of carbonyl (C=O) groups is 2. The van der Waals surface area contributed by atoms with Gasteiger partial charge >= 0.3 is 0 Å². The number of carbonyl (C=O) groups excluding carboxylic acids is 2. The number of amides is 2. The Bertz CT molecular complexity index is 1110. The molecular formula is C22H17N3O4S. The summed E-state index contributed by atoms with van der Waals surface area (Å²) < 4.78 is 10.7. The van der Waals surface area contributed by atoms with Crippen LogP contribution in [0.1, 0.15) is 20.8 Å². The molecule has 1 aliphatic heterocycles. The number of thiophene rings is 1. The number of nitrogens with one attached hydrogen (secondary N) is 2. The molecule has 0 radical (unpaired) electrons. The van der Waals surface area contributed by atoms with Crippen molar-refractivity contribution >= 4 is 35.4 Å². The standard InChI is InChI=1S/C22H17N3O4S/c26-21(16-5-2-1-3-6-16)24-18(22(27)25-23-13-17-7-4-10-30-17)11-15-8-9-19-20(12-15)29-14-28-19/h1-13H,14H2,(H,24,26)(H,25,27)/b18-11+,23-13+. The zero-order valence-electron chi connectivity index (χ0n) is 15.7. The summed E-state index contributed by atoms with van der Waals surface area (Å²) in [6.45, 7) is 0.151. The molecule has 0 unspecified atom stereocenters. The van der Waals surface area contributed by atoms with Gasteiger partial charge < -0.3 is 14.8 Å². The highest BCUT2D eigenvalue weighted by atomic mass is 32.1. The topological polar surface area (TPSA) is 89.0 Å². The maximum absolute atomic E-state index is 12.7. The summed E-state index contributed by atoms with van der Waals surface area (Å²) in [5.74, 6) is 0.255. The Balaban J connectivity index is 1.56. The summed E-state index contributed by atoms with van der Waals surface area (Å²) in [5.41, 5.74) is 3.60. The zero-order valence-corrected chi connectivity index (χ0v) is 16.5. The van der Waals surface area contributed by atoms with Crippen LogP contribution in [0.15, 0.2) is 76.8 Å². The number of hydrazone groups is 1. The van der Waals surface area contributed by atoms with Gasteiger partial charge in [-0.2, -0.15) is 5.10 Å². The average molecular weight is 419 g/mol. The molecule has 0 saturated carbocycles. The summed E-state index contributed by atoms with van der Waals surface area (Å²) in [6, 6.07) is 17.7. The molecule has 8 heteroatoms. The molecule has 0 saturated heterocycles. The largest absolute Gasteiger partial charge is 0.454 e. The van der Waals surface area contributed by atoms with Crippen molar-refractivity contribution in [3.05, 3.63) is 87.7 Å². The fraction of sp³-hybridized carbons (Fsp3) is 0.0455. The van der Waals surface area contributed by atoms with E-state index in [1.807, 2.05) is 23.6 Å². The van der Waals surface area contributed by atoms with Crippen LogP contribution < -0.4 is 20.2 Å². The summed E-state index contributed by atoms with van der Waals surface area (Å²) >= 11 is 1.49. The van der Waals surface area contributed by atoms with E-state index in [-0.39, 0.29) is 12.5 Å². The number of fused-ring (bicyclic) bond motifs is 1. The van der Waals surface area contributed by atoms with Crippen molar-refractivity contribution in [2.45, 2.75) is 0 Å². The molecule has 150 valence electrons. The van der Waals surface area contributed by atoms with E-state index in [0.717, 1.165) is 4.88 Å². The Morgan fingerprint density at radius 2 is 1.83 bits per heavy atom. The minimum absolute atomic E-state index is 0.0473. The van der Waals surface area contributed by atoms with Crippen molar-refractivity contribution in [1.82, 2.24) is 10.7 Å². The average Bonchev–Trinajstić information content (AvgIpc) is 3.45. The maximum Gasteiger partial charge on any atom is 0.287 e. The lowest BCUT2D eigenvalue weighted by Crippen LogP contribution is -2.32. The van der Waals surface area contributed by atoms with Crippen LogP contribution >= 0.6 is 11.3 Å². The SMILES string of the molecule is O=C(N/N=C/c1cccs1)/C(=C\c1ccc2c(c1)OCO2)NC(=O)c1ccccc1. The lowest BCUT2D eigenvalue weighted by molar-refractivity contribution is -0.117. The molecule has 4 rings (SSSR count). The third-order valence-electron chi connectivity index (χ3n) is 4.14. The van der Waals surface area contributed by atoms with Crippen molar-refractivity contribution < 1.29 is 19.1 Å². The van der Waals surface area contributed by atoms with Crippen LogP contribution in [0, 0.1) is 0 Å². The van der Waals surface area contributed by atoms with Gasteiger partial charge in [0, 0.05) is 10.4 Å². The second-order valence-electron chi connectivity index (χ2n) is 6.21. The molecule has 2 amide bonds. The van der Waals surface area contributed by atoms with E-state index in [1.54, 1.807) is 54.8 Å². The number of ether oxygens (including phenoxy) is 2. The van der Waals surface area contributed by atoms with Gasteiger partial charge in [0.2, 0.25) is 6.79 Å². The maximum atomic E-state index is 12.7. The van der Waals surface area contributed by atoms with E-state index in [1.165, 1.54) is 11.3 Å². The summed E-state index contributed by atoms with van der Waals surface area (Å²) in [6.07, 6.45) is 3.10. The monoisotopic (exact) mass is 419 g/mol. The van der Waals surface area contributed by atoms with E-state index in [4.69, 9.17) is 9.47 Å². The fourth-order valence-electron chi connectivity index (χ4n) is 2.69. The van der Waals surface area contributed by atoms with Crippen molar-refractivity contribution in [3.63, 3.8) is 0 Å². The van der Waals surface area contributed by atoms with Crippen LogP contribution in [0.3, 0.4) is 0 Å². The summed E-state index contributed by atoms with van der Waals surface area (Å²) in [4.78, 5) is 26.2. The number of hydrogen-bond donors (Lipinski definition) is 2. The van der Waals surface area contributed by atoms with Crippen LogP contribution in [0.4, 0.5) is 0 Å². The first-order valence-corrected chi connectivity index (χ1v) is 9.92. The third kappa shape index (κ3) is 4.73. The molecule has 2 aromatic carbocycles. The molecule has 0 bridgehead atoms. The minimum Gasteiger partial charge on any atom is -0.454 e. The first kappa shape index (κ1) is 19.4. The molecule has 0 aliphatic carbocycles. The molecule has 1 aromatic heterocycles. The summed E-state index contributed by atoms with van der Waals surface area (Å²) in [5, 5.41) is 8.53. The first-order valence-electron chi connectivity index (χ1n) is 9.04. The highest BCUT2D eigenvalue weighted by Gasteiger charge is 2.16. The minimum atomic E-state index is -0.551. The molecule has 30 heavy (non-hydrogen) atoms. The molecule has 3 aromatic rings. The molecule has 0 fully saturated rings. The molecular weight excluding hydrogens is 402 g/mol. The van der Waals surface area contributed by atoms with Gasteiger partial charge in [0.05, 0.1) is 6.21 Å². The van der Waals surface area contributed by atoms with Gasteiger partial charge in [-0.25, -0.2) is 5.43 Å². The van der Waals surface area contributed by atoms with Crippen molar-refractivity contribution in [1.29, 1.82) is 0 Å². The van der Waals surface area contributed by atoms with Crippen LogP contribution in [0.2, 0.25) is 0 Å².